The molecule has 3 rings (SSSR count). The number of aromatic nitrogens is 1. The predicted molar refractivity (Wildman–Crippen MR) is 131 cm³/mol. The minimum atomic E-state index is -0.210. The summed E-state index contributed by atoms with van der Waals surface area (Å²) in [5, 5.41) is 7.35. The first kappa shape index (κ1) is 26.4. The van der Waals surface area contributed by atoms with E-state index in [1.165, 1.54) is 19.3 Å². The fourth-order valence-corrected chi connectivity index (χ4v) is 4.47. The van der Waals surface area contributed by atoms with E-state index in [1.54, 1.807) is 29.6 Å². The highest BCUT2D eigenvalue weighted by Gasteiger charge is 2.26. The van der Waals surface area contributed by atoms with Crippen LogP contribution in [0.4, 0.5) is 10.5 Å². The summed E-state index contributed by atoms with van der Waals surface area (Å²) in [5.41, 5.74) is 0.723. The van der Waals surface area contributed by atoms with Crippen LogP contribution in [0.3, 0.4) is 0 Å². The number of nitrogens with zero attached hydrogens (tertiary/aromatic N) is 3. The number of unbranched alkanes of at least 4 members (excludes halogenated alkanes) is 3. The molecule has 2 heterocycles. The topological polar surface area (TPSA) is 96.0 Å². The smallest absolute Gasteiger partial charge is 0.319 e. The van der Waals surface area contributed by atoms with Crippen molar-refractivity contribution in [3.63, 3.8) is 0 Å². The Balaban J connectivity index is 1.28. The normalized spacial score (nSPS) is 17.3. The zero-order valence-electron chi connectivity index (χ0n) is 20.4. The average Bonchev–Trinajstić information content (AvgIpc) is 2.87. The Bertz CT molecular complexity index is 709. The summed E-state index contributed by atoms with van der Waals surface area (Å²) >= 11 is 0. The first-order chi connectivity index (χ1) is 16.7. The summed E-state index contributed by atoms with van der Waals surface area (Å²) < 4.78 is 5.40. The van der Waals surface area contributed by atoms with Gasteiger partial charge in [0, 0.05) is 50.7 Å². The third kappa shape index (κ3) is 9.95. The van der Waals surface area contributed by atoms with Gasteiger partial charge >= 0.3 is 6.03 Å². The summed E-state index contributed by atoms with van der Waals surface area (Å²) in [4.78, 5) is 37.2. The molecule has 1 aliphatic carbocycles. The Labute approximate surface area is 203 Å². The number of carbonyl (C=O) groups excluding carboxylic acids is 2. The monoisotopic (exact) mass is 475 g/mol. The van der Waals surface area contributed by atoms with Crippen LogP contribution in [-0.4, -0.2) is 78.9 Å². The third-order valence-corrected chi connectivity index (χ3v) is 6.43. The highest BCUT2D eigenvalue weighted by Crippen LogP contribution is 2.24. The van der Waals surface area contributed by atoms with Gasteiger partial charge in [-0.25, -0.2) is 9.86 Å². The van der Waals surface area contributed by atoms with Crippen LogP contribution in [0.1, 0.15) is 64.2 Å². The minimum Gasteiger partial charge on any atom is -0.379 e. The Kier molecular flexibility index (Phi) is 12.1. The molecule has 9 nitrogen and oxygen atoms in total. The average molecular weight is 476 g/mol. The number of anilines is 1. The number of urea groups is 1. The lowest BCUT2D eigenvalue weighted by molar-refractivity contribution is -0.205. The van der Waals surface area contributed by atoms with Gasteiger partial charge in [-0.15, -0.1) is 0 Å². The van der Waals surface area contributed by atoms with E-state index in [0.717, 1.165) is 77.1 Å². The SMILES string of the molecule is O=C(NCCCCCCC(=O)N(OCCN1CCOCC1)C1CCCCC1)Nc1ccncc1. The third-order valence-electron chi connectivity index (χ3n) is 6.43. The quantitative estimate of drug-likeness (QED) is 0.334. The molecule has 0 bridgehead atoms. The summed E-state index contributed by atoms with van der Waals surface area (Å²) in [5.74, 6) is 0.115. The number of nitrogens with one attached hydrogen (secondary N) is 2. The lowest BCUT2D eigenvalue weighted by Gasteiger charge is -2.34. The lowest BCUT2D eigenvalue weighted by atomic mass is 9.95. The van der Waals surface area contributed by atoms with Gasteiger partial charge in [-0.2, -0.15) is 0 Å². The Hall–Kier alpha value is -2.23. The van der Waals surface area contributed by atoms with Gasteiger partial charge < -0.3 is 15.4 Å². The van der Waals surface area contributed by atoms with Crippen molar-refractivity contribution in [1.29, 1.82) is 0 Å². The van der Waals surface area contributed by atoms with E-state index < -0.39 is 0 Å². The number of rotatable bonds is 13. The molecule has 1 saturated carbocycles. The van der Waals surface area contributed by atoms with Crippen molar-refractivity contribution < 1.29 is 19.2 Å². The molecular formula is C25H41N5O4. The van der Waals surface area contributed by atoms with E-state index in [9.17, 15) is 9.59 Å². The van der Waals surface area contributed by atoms with Gasteiger partial charge in [0.25, 0.3) is 0 Å². The molecule has 190 valence electrons. The van der Waals surface area contributed by atoms with Crippen LogP contribution in [0.25, 0.3) is 0 Å². The number of hydrogen-bond acceptors (Lipinski definition) is 6. The predicted octanol–water partition coefficient (Wildman–Crippen LogP) is 3.58. The maximum atomic E-state index is 13.0. The van der Waals surface area contributed by atoms with Crippen molar-refractivity contribution in [1.82, 2.24) is 20.3 Å². The molecule has 34 heavy (non-hydrogen) atoms. The molecule has 9 heteroatoms. The zero-order valence-corrected chi connectivity index (χ0v) is 20.4. The van der Waals surface area contributed by atoms with Crippen LogP contribution in [-0.2, 0) is 14.4 Å². The van der Waals surface area contributed by atoms with Crippen molar-refractivity contribution in [2.24, 2.45) is 0 Å². The van der Waals surface area contributed by atoms with E-state index in [4.69, 9.17) is 9.57 Å². The van der Waals surface area contributed by atoms with Crippen molar-refractivity contribution in [3.8, 4) is 0 Å². The van der Waals surface area contributed by atoms with Gasteiger partial charge in [-0.05, 0) is 37.8 Å². The van der Waals surface area contributed by atoms with E-state index in [0.29, 0.717) is 19.6 Å². The zero-order chi connectivity index (χ0) is 23.8. The number of ether oxygens (including phenoxy) is 1. The molecular weight excluding hydrogens is 434 g/mol. The van der Waals surface area contributed by atoms with Gasteiger partial charge in [-0.3, -0.25) is 19.5 Å². The van der Waals surface area contributed by atoms with Gasteiger partial charge in [-0.1, -0.05) is 32.1 Å². The van der Waals surface area contributed by atoms with E-state index >= 15 is 0 Å². The first-order valence-corrected chi connectivity index (χ1v) is 12.9. The highest BCUT2D eigenvalue weighted by atomic mass is 16.7. The number of hydrogen-bond donors (Lipinski definition) is 2. The molecule has 2 aliphatic rings. The van der Waals surface area contributed by atoms with Crippen LogP contribution >= 0.6 is 0 Å². The van der Waals surface area contributed by atoms with Gasteiger partial charge in [0.1, 0.15) is 0 Å². The molecule has 1 aromatic rings. The number of pyridine rings is 1. The second-order valence-corrected chi connectivity index (χ2v) is 9.08. The fourth-order valence-electron chi connectivity index (χ4n) is 4.47. The van der Waals surface area contributed by atoms with Crippen LogP contribution in [0.5, 0.6) is 0 Å². The molecule has 0 aromatic carbocycles. The molecule has 2 N–H and O–H groups in total. The molecule has 0 atom stereocenters. The Morgan fingerprint density at radius 1 is 1.06 bits per heavy atom. The number of hydroxylamine groups is 2. The molecule has 0 unspecified atom stereocenters. The highest BCUT2D eigenvalue weighted by molar-refractivity contribution is 5.88. The van der Waals surface area contributed by atoms with Crippen molar-refractivity contribution in [2.75, 3.05) is 51.3 Å². The number of carbonyl (C=O) groups is 2. The molecule has 1 saturated heterocycles. The van der Waals surface area contributed by atoms with Gasteiger partial charge in [0.15, 0.2) is 0 Å². The second-order valence-electron chi connectivity index (χ2n) is 9.08. The molecule has 1 aromatic heterocycles. The van der Waals surface area contributed by atoms with Crippen molar-refractivity contribution in [2.45, 2.75) is 70.3 Å². The summed E-state index contributed by atoms with van der Waals surface area (Å²) in [6, 6.07) is 3.51. The Morgan fingerprint density at radius 3 is 2.56 bits per heavy atom. The molecule has 0 radical (unpaired) electrons. The molecule has 1 aliphatic heterocycles. The van der Waals surface area contributed by atoms with Gasteiger partial charge in [0.2, 0.25) is 5.91 Å². The van der Waals surface area contributed by atoms with Crippen molar-refractivity contribution >= 4 is 17.6 Å². The standard InChI is InChI=1S/C25H41N5O4/c31-24(10-6-1-2-7-13-27-25(32)28-22-11-14-26-15-12-22)30(23-8-4-3-5-9-23)34-21-18-29-16-19-33-20-17-29/h11-12,14-15,23H,1-10,13,16-21H2,(H2,26,27,28,32). The molecule has 3 amide bonds. The van der Waals surface area contributed by atoms with E-state index in [2.05, 4.69) is 20.5 Å². The van der Waals surface area contributed by atoms with Crippen LogP contribution < -0.4 is 10.6 Å². The summed E-state index contributed by atoms with van der Waals surface area (Å²) in [6.45, 7) is 5.41. The largest absolute Gasteiger partial charge is 0.379 e. The first-order valence-electron chi connectivity index (χ1n) is 12.9. The van der Waals surface area contributed by atoms with Crippen molar-refractivity contribution in [3.05, 3.63) is 24.5 Å². The van der Waals surface area contributed by atoms with Crippen LogP contribution in [0.2, 0.25) is 0 Å². The maximum Gasteiger partial charge on any atom is 0.319 e. The summed E-state index contributed by atoms with van der Waals surface area (Å²) in [6.07, 6.45) is 13.1. The molecule has 2 fully saturated rings. The second kappa shape index (κ2) is 15.6. The van der Waals surface area contributed by atoms with E-state index in [-0.39, 0.29) is 18.0 Å². The Morgan fingerprint density at radius 2 is 1.79 bits per heavy atom. The fraction of sp³-hybridized carbons (Fsp3) is 0.720. The molecule has 0 spiro atoms. The minimum absolute atomic E-state index is 0.115. The van der Waals surface area contributed by atoms with E-state index in [1.807, 2.05) is 0 Å². The number of morpholine rings is 1. The van der Waals surface area contributed by atoms with Crippen LogP contribution in [0.15, 0.2) is 24.5 Å². The summed E-state index contributed by atoms with van der Waals surface area (Å²) in [7, 11) is 0. The lowest BCUT2D eigenvalue weighted by Crippen LogP contribution is -2.44. The maximum absolute atomic E-state index is 13.0. The number of amides is 3. The van der Waals surface area contributed by atoms with Gasteiger partial charge in [0.05, 0.1) is 25.9 Å². The van der Waals surface area contributed by atoms with Crippen LogP contribution in [0, 0.1) is 0 Å².